The lowest BCUT2D eigenvalue weighted by Crippen LogP contribution is -2.24. The number of rotatable bonds is 5. The SMILES string of the molecule is CCOC(=O)c1c(SC)n(-c2ccc(F)cc2)c2nc(C(C)=O)c(F)cc2c1=O. The third-order valence-corrected chi connectivity index (χ3v) is 4.92. The van der Waals surface area contributed by atoms with Gasteiger partial charge in [0.1, 0.15) is 22.7 Å². The average Bonchev–Trinajstić information content (AvgIpc) is 2.68. The van der Waals surface area contributed by atoms with Crippen molar-refractivity contribution in [2.24, 2.45) is 0 Å². The van der Waals surface area contributed by atoms with Gasteiger partial charge in [-0.05, 0) is 43.5 Å². The first-order valence-corrected chi connectivity index (χ1v) is 9.79. The van der Waals surface area contributed by atoms with E-state index >= 15 is 0 Å². The lowest BCUT2D eigenvalue weighted by molar-refractivity contribution is 0.0519. The Hall–Kier alpha value is -3.07. The normalized spacial score (nSPS) is 10.9. The van der Waals surface area contributed by atoms with Crippen LogP contribution < -0.4 is 5.43 Å². The van der Waals surface area contributed by atoms with Crippen LogP contribution in [0.25, 0.3) is 16.7 Å². The number of thioether (sulfide) groups is 1. The fourth-order valence-electron chi connectivity index (χ4n) is 2.91. The van der Waals surface area contributed by atoms with Gasteiger partial charge in [-0.25, -0.2) is 18.6 Å². The van der Waals surface area contributed by atoms with Gasteiger partial charge in [-0.1, -0.05) is 0 Å². The van der Waals surface area contributed by atoms with Crippen molar-refractivity contribution in [3.8, 4) is 5.69 Å². The molecule has 150 valence electrons. The van der Waals surface area contributed by atoms with Gasteiger partial charge in [-0.15, -0.1) is 11.8 Å². The van der Waals surface area contributed by atoms with E-state index in [1.807, 2.05) is 0 Å². The summed E-state index contributed by atoms with van der Waals surface area (Å²) >= 11 is 1.07. The summed E-state index contributed by atoms with van der Waals surface area (Å²) in [7, 11) is 0. The molecular formula is C20H16F2N2O4S. The summed E-state index contributed by atoms with van der Waals surface area (Å²) in [5, 5.41) is -0.0150. The number of ketones is 1. The van der Waals surface area contributed by atoms with Gasteiger partial charge in [0.2, 0.25) is 5.43 Å². The molecule has 29 heavy (non-hydrogen) atoms. The van der Waals surface area contributed by atoms with Gasteiger partial charge in [0, 0.05) is 12.6 Å². The molecule has 3 aromatic rings. The topological polar surface area (TPSA) is 78.3 Å². The van der Waals surface area contributed by atoms with Crippen molar-refractivity contribution in [3.05, 3.63) is 63.4 Å². The van der Waals surface area contributed by atoms with E-state index < -0.39 is 34.5 Å². The van der Waals surface area contributed by atoms with Crippen molar-refractivity contribution < 1.29 is 23.1 Å². The van der Waals surface area contributed by atoms with Crippen LogP contribution in [0, 0.1) is 11.6 Å². The standard InChI is InChI=1S/C20H16F2N2O4S/c1-4-28-20(27)15-17(26)13-9-14(22)16(10(2)25)23-18(13)24(19(15)29-3)12-7-5-11(21)6-8-12/h5-9H,4H2,1-3H3. The number of nitrogens with zero attached hydrogens (tertiary/aromatic N) is 2. The van der Waals surface area contributed by atoms with Crippen LogP contribution in [0.1, 0.15) is 34.7 Å². The number of ether oxygens (including phenoxy) is 1. The maximum Gasteiger partial charge on any atom is 0.344 e. The molecule has 0 aliphatic rings. The highest BCUT2D eigenvalue weighted by molar-refractivity contribution is 7.98. The number of esters is 1. The van der Waals surface area contributed by atoms with E-state index in [1.54, 1.807) is 13.2 Å². The minimum atomic E-state index is -0.973. The summed E-state index contributed by atoms with van der Waals surface area (Å²) in [5.74, 6) is -2.95. The van der Waals surface area contributed by atoms with Gasteiger partial charge in [0.25, 0.3) is 0 Å². The number of Topliss-reactive ketones (excluding diaryl/α,β-unsaturated/α-hetero) is 1. The number of aromatic nitrogens is 2. The summed E-state index contributed by atoms with van der Waals surface area (Å²) in [6.07, 6.45) is 1.64. The lowest BCUT2D eigenvalue weighted by atomic mass is 10.1. The van der Waals surface area contributed by atoms with E-state index in [9.17, 15) is 23.2 Å². The molecule has 0 radical (unpaired) electrons. The smallest absolute Gasteiger partial charge is 0.344 e. The second-order valence-corrected chi connectivity index (χ2v) is 6.79. The lowest BCUT2D eigenvalue weighted by Gasteiger charge is -2.18. The third-order valence-electron chi connectivity index (χ3n) is 4.15. The zero-order chi connectivity index (χ0) is 21.3. The summed E-state index contributed by atoms with van der Waals surface area (Å²) in [5.41, 5.74) is -1.13. The van der Waals surface area contributed by atoms with Gasteiger partial charge in [0.05, 0.1) is 17.0 Å². The molecule has 0 fully saturated rings. The van der Waals surface area contributed by atoms with Crippen LogP contribution in [0.3, 0.4) is 0 Å². The van der Waals surface area contributed by atoms with Crippen molar-refractivity contribution in [2.45, 2.75) is 18.9 Å². The highest BCUT2D eigenvalue weighted by atomic mass is 32.2. The first-order chi connectivity index (χ1) is 13.8. The third kappa shape index (κ3) is 3.65. The molecule has 3 rings (SSSR count). The Bertz CT molecular complexity index is 1190. The van der Waals surface area contributed by atoms with Crippen LogP contribution in [-0.4, -0.2) is 34.2 Å². The van der Waals surface area contributed by atoms with Crippen LogP contribution in [0.2, 0.25) is 0 Å². The number of halogens is 2. The van der Waals surface area contributed by atoms with E-state index in [0.717, 1.165) is 24.8 Å². The first-order valence-electron chi connectivity index (χ1n) is 8.57. The average molecular weight is 418 g/mol. The van der Waals surface area contributed by atoms with E-state index in [-0.39, 0.29) is 28.2 Å². The highest BCUT2D eigenvalue weighted by Crippen LogP contribution is 2.28. The van der Waals surface area contributed by atoms with E-state index in [4.69, 9.17) is 4.74 Å². The molecule has 2 heterocycles. The molecular weight excluding hydrogens is 402 g/mol. The van der Waals surface area contributed by atoms with Crippen LogP contribution in [-0.2, 0) is 4.74 Å². The Kier molecular flexibility index (Phi) is 5.78. The molecule has 9 heteroatoms. The van der Waals surface area contributed by atoms with Crippen molar-refractivity contribution >= 4 is 34.5 Å². The Labute approximate surface area is 168 Å². The predicted molar refractivity (Wildman–Crippen MR) is 105 cm³/mol. The Balaban J connectivity index is 2.55. The molecule has 0 spiro atoms. The number of hydrogen-bond donors (Lipinski definition) is 0. The number of pyridine rings is 2. The molecule has 6 nitrogen and oxygen atoms in total. The van der Waals surface area contributed by atoms with Crippen molar-refractivity contribution in [1.82, 2.24) is 9.55 Å². The molecule has 0 atom stereocenters. The molecule has 2 aromatic heterocycles. The van der Waals surface area contributed by atoms with E-state index in [2.05, 4.69) is 4.98 Å². The maximum absolute atomic E-state index is 14.4. The summed E-state index contributed by atoms with van der Waals surface area (Å²) in [6, 6.07) is 6.12. The Morgan fingerprint density at radius 2 is 1.86 bits per heavy atom. The fraction of sp³-hybridized carbons (Fsp3) is 0.200. The summed E-state index contributed by atoms with van der Waals surface area (Å²) < 4.78 is 34.3. The zero-order valence-electron chi connectivity index (χ0n) is 15.8. The second kappa shape index (κ2) is 8.12. The largest absolute Gasteiger partial charge is 0.462 e. The zero-order valence-corrected chi connectivity index (χ0v) is 16.6. The minimum Gasteiger partial charge on any atom is -0.462 e. The Morgan fingerprint density at radius 3 is 2.41 bits per heavy atom. The second-order valence-electron chi connectivity index (χ2n) is 5.99. The van der Waals surface area contributed by atoms with Crippen LogP contribution in [0.15, 0.2) is 40.2 Å². The molecule has 0 aliphatic heterocycles. The molecule has 0 saturated carbocycles. The highest BCUT2D eigenvalue weighted by Gasteiger charge is 2.26. The number of hydrogen-bond acceptors (Lipinski definition) is 6. The summed E-state index contributed by atoms with van der Waals surface area (Å²) in [6.45, 7) is 2.78. The van der Waals surface area contributed by atoms with Gasteiger partial charge in [-0.3, -0.25) is 14.2 Å². The summed E-state index contributed by atoms with van der Waals surface area (Å²) in [4.78, 5) is 41.4. The molecule has 1 aromatic carbocycles. The van der Waals surface area contributed by atoms with Gasteiger partial charge >= 0.3 is 5.97 Å². The number of carbonyl (C=O) groups is 2. The van der Waals surface area contributed by atoms with Crippen LogP contribution >= 0.6 is 11.8 Å². The molecule has 0 saturated heterocycles. The quantitative estimate of drug-likeness (QED) is 0.357. The molecule has 0 N–H and O–H groups in total. The molecule has 0 bridgehead atoms. The first kappa shape index (κ1) is 20.7. The van der Waals surface area contributed by atoms with Crippen LogP contribution in [0.4, 0.5) is 8.78 Å². The van der Waals surface area contributed by atoms with Crippen molar-refractivity contribution in [1.29, 1.82) is 0 Å². The fourth-order valence-corrected chi connectivity index (χ4v) is 3.66. The van der Waals surface area contributed by atoms with Gasteiger partial charge in [0.15, 0.2) is 11.6 Å². The molecule has 0 aliphatic carbocycles. The predicted octanol–water partition coefficient (Wildman–Crippen LogP) is 3.77. The molecule has 0 amide bonds. The van der Waals surface area contributed by atoms with Crippen LogP contribution in [0.5, 0.6) is 0 Å². The number of benzene rings is 1. The Morgan fingerprint density at radius 1 is 1.21 bits per heavy atom. The monoisotopic (exact) mass is 418 g/mol. The maximum atomic E-state index is 14.4. The van der Waals surface area contributed by atoms with Crippen molar-refractivity contribution in [3.63, 3.8) is 0 Å². The molecule has 0 unspecified atom stereocenters. The number of fused-ring (bicyclic) bond motifs is 1. The van der Waals surface area contributed by atoms with Gasteiger partial charge < -0.3 is 4.74 Å². The van der Waals surface area contributed by atoms with Crippen molar-refractivity contribution in [2.75, 3.05) is 12.9 Å². The van der Waals surface area contributed by atoms with E-state index in [1.165, 1.54) is 28.8 Å². The van der Waals surface area contributed by atoms with E-state index in [0.29, 0.717) is 5.69 Å². The minimum absolute atomic E-state index is 0.0226. The number of carbonyl (C=O) groups excluding carboxylic acids is 2. The van der Waals surface area contributed by atoms with Gasteiger partial charge in [-0.2, -0.15) is 0 Å².